The minimum absolute atomic E-state index is 0.127. The smallest absolute Gasteiger partial charge is 0.462 e. The molecule has 374 valence electrons. The molecule has 0 aromatic rings. The van der Waals surface area contributed by atoms with E-state index in [-0.39, 0.29) is 39.2 Å². The predicted molar refractivity (Wildman–Crippen MR) is 256 cm³/mol. The summed E-state index contributed by atoms with van der Waals surface area (Å²) in [6.07, 6.45) is 35.4. The average Bonchev–Trinajstić information content (AvgIpc) is 3.22. The number of carbonyl (C=O) groups excluding carboxylic acids is 3. The number of hydrogen-bond donors (Lipinski definition) is 2. The molecule has 0 saturated carbocycles. The van der Waals surface area contributed by atoms with Gasteiger partial charge in [0.05, 0.1) is 25.4 Å². The zero-order valence-corrected chi connectivity index (χ0v) is 42.6. The topological polar surface area (TPSA) is 156 Å². The standard InChI is InChI=1S/C50H98NO11P/c1-8-10-12-14-16-18-20-22-24-26-28-30-32-34-36-38-46(52)57-42-45(61-47(53)39-37-35-33-31-29-27-25-23-21-19-17-15-13-11-9-2)43-60-63(55,56)59-41-40-51-48(54)62-50(6,7)44-58-49(3,4)5/h45H,8-44H2,1-7H3,(H,51,54)(H,55,56). The van der Waals surface area contributed by atoms with Crippen LogP contribution in [0.5, 0.6) is 0 Å². The van der Waals surface area contributed by atoms with Crippen LogP contribution in [-0.4, -0.2) is 73.2 Å². The maximum absolute atomic E-state index is 12.8. The summed E-state index contributed by atoms with van der Waals surface area (Å²) in [6.45, 7) is 12.5. The fourth-order valence-electron chi connectivity index (χ4n) is 7.14. The molecule has 63 heavy (non-hydrogen) atoms. The van der Waals surface area contributed by atoms with Gasteiger partial charge in [-0.3, -0.25) is 18.6 Å². The Labute approximate surface area is 386 Å². The van der Waals surface area contributed by atoms with E-state index in [9.17, 15) is 23.8 Å². The van der Waals surface area contributed by atoms with E-state index in [0.717, 1.165) is 38.5 Å². The third-order valence-corrected chi connectivity index (χ3v) is 12.0. The Bertz CT molecular complexity index is 1150. The van der Waals surface area contributed by atoms with E-state index in [1.54, 1.807) is 13.8 Å². The van der Waals surface area contributed by atoms with E-state index >= 15 is 0 Å². The van der Waals surface area contributed by atoms with Crippen LogP contribution in [0.1, 0.15) is 254 Å². The highest BCUT2D eigenvalue weighted by Gasteiger charge is 2.28. The number of unbranched alkanes of at least 4 members (excludes halogenated alkanes) is 28. The molecule has 0 spiro atoms. The van der Waals surface area contributed by atoms with Gasteiger partial charge >= 0.3 is 25.9 Å². The number of hydrogen-bond acceptors (Lipinski definition) is 10. The minimum atomic E-state index is -4.61. The monoisotopic (exact) mass is 920 g/mol. The molecule has 0 aromatic carbocycles. The normalized spacial score (nSPS) is 13.4. The molecule has 1 amide bonds. The number of rotatable bonds is 45. The zero-order valence-electron chi connectivity index (χ0n) is 41.7. The molecule has 0 saturated heterocycles. The van der Waals surface area contributed by atoms with Crippen LogP contribution in [0.3, 0.4) is 0 Å². The molecule has 2 atom stereocenters. The van der Waals surface area contributed by atoms with Gasteiger partial charge in [-0.25, -0.2) is 9.36 Å². The first-order valence-electron chi connectivity index (χ1n) is 25.7. The maximum atomic E-state index is 12.8. The van der Waals surface area contributed by atoms with Crippen molar-refractivity contribution in [3.63, 3.8) is 0 Å². The number of phosphoric acid groups is 1. The molecule has 13 heteroatoms. The average molecular weight is 920 g/mol. The number of carbonyl (C=O) groups is 3. The van der Waals surface area contributed by atoms with Crippen molar-refractivity contribution >= 4 is 25.9 Å². The van der Waals surface area contributed by atoms with Gasteiger partial charge in [-0.15, -0.1) is 0 Å². The number of phosphoric ester groups is 1. The van der Waals surface area contributed by atoms with Crippen LogP contribution in [0.2, 0.25) is 0 Å². The summed E-state index contributed by atoms with van der Waals surface area (Å²) >= 11 is 0. The fraction of sp³-hybridized carbons (Fsp3) is 0.940. The number of amides is 1. The van der Waals surface area contributed by atoms with Crippen LogP contribution in [0.4, 0.5) is 4.79 Å². The summed E-state index contributed by atoms with van der Waals surface area (Å²) in [5.41, 5.74) is -1.30. The van der Waals surface area contributed by atoms with Gasteiger partial charge in [0.2, 0.25) is 0 Å². The van der Waals surface area contributed by atoms with Crippen LogP contribution in [0.25, 0.3) is 0 Å². The van der Waals surface area contributed by atoms with Crippen molar-refractivity contribution < 1.29 is 51.8 Å². The van der Waals surface area contributed by atoms with Crippen LogP contribution in [0, 0.1) is 0 Å². The van der Waals surface area contributed by atoms with Gasteiger partial charge in [-0.05, 0) is 47.5 Å². The number of nitrogens with one attached hydrogen (secondary N) is 1. The van der Waals surface area contributed by atoms with Crippen molar-refractivity contribution in [1.29, 1.82) is 0 Å². The van der Waals surface area contributed by atoms with Crippen molar-refractivity contribution in [3.05, 3.63) is 0 Å². The fourth-order valence-corrected chi connectivity index (χ4v) is 7.89. The van der Waals surface area contributed by atoms with Crippen molar-refractivity contribution in [3.8, 4) is 0 Å². The molecule has 0 fully saturated rings. The Balaban J connectivity index is 4.62. The first-order valence-corrected chi connectivity index (χ1v) is 27.2. The Hall–Kier alpha value is -1.72. The minimum Gasteiger partial charge on any atom is -0.462 e. The number of alkyl carbamates (subject to hydrolysis) is 1. The van der Waals surface area contributed by atoms with Gasteiger partial charge in [0, 0.05) is 19.4 Å². The first kappa shape index (κ1) is 61.3. The molecule has 12 nitrogen and oxygen atoms in total. The second kappa shape index (κ2) is 40.5. The highest BCUT2D eigenvalue weighted by molar-refractivity contribution is 7.47. The lowest BCUT2D eigenvalue weighted by atomic mass is 10.0. The summed E-state index contributed by atoms with van der Waals surface area (Å²) in [4.78, 5) is 48.0. The quantitative estimate of drug-likeness (QED) is 0.0259. The maximum Gasteiger partial charge on any atom is 0.472 e. The lowest BCUT2D eigenvalue weighted by molar-refractivity contribution is -0.161. The second-order valence-corrected chi connectivity index (χ2v) is 20.7. The van der Waals surface area contributed by atoms with E-state index in [1.807, 2.05) is 20.8 Å². The second-order valence-electron chi connectivity index (χ2n) is 19.3. The van der Waals surface area contributed by atoms with Gasteiger partial charge in [0.25, 0.3) is 0 Å². The molecule has 0 aliphatic carbocycles. The third-order valence-electron chi connectivity index (χ3n) is 11.0. The van der Waals surface area contributed by atoms with Gasteiger partial charge in [-0.1, -0.05) is 194 Å². The molecular weight excluding hydrogens is 822 g/mol. The van der Waals surface area contributed by atoms with Crippen LogP contribution < -0.4 is 5.32 Å². The summed E-state index contributed by atoms with van der Waals surface area (Å²) in [6, 6.07) is 0. The molecular formula is C50H98NO11P. The highest BCUT2D eigenvalue weighted by atomic mass is 31.2. The zero-order chi connectivity index (χ0) is 46.9. The largest absolute Gasteiger partial charge is 0.472 e. The molecule has 2 unspecified atom stereocenters. The first-order chi connectivity index (χ1) is 30.1. The number of esters is 2. The van der Waals surface area contributed by atoms with Gasteiger partial charge < -0.3 is 29.2 Å². The highest BCUT2D eigenvalue weighted by Crippen LogP contribution is 2.43. The van der Waals surface area contributed by atoms with Crippen molar-refractivity contribution in [1.82, 2.24) is 5.32 Å². The van der Waals surface area contributed by atoms with Crippen molar-refractivity contribution in [2.45, 2.75) is 271 Å². The van der Waals surface area contributed by atoms with Gasteiger partial charge in [0.15, 0.2) is 6.10 Å². The SMILES string of the molecule is CCCCCCCCCCCCCCCCCC(=O)OCC(COP(=O)(O)OCCNC(=O)OC(C)(C)COC(C)(C)C)OC(=O)CCCCCCCCCCCCCCCCC. The third kappa shape index (κ3) is 45.2. The Morgan fingerprint density at radius 1 is 0.540 bits per heavy atom. The lowest BCUT2D eigenvalue weighted by Crippen LogP contribution is -2.41. The number of ether oxygens (including phenoxy) is 4. The Morgan fingerprint density at radius 3 is 1.32 bits per heavy atom. The molecule has 0 radical (unpaired) electrons. The van der Waals surface area contributed by atoms with E-state index in [2.05, 4.69) is 19.2 Å². The summed E-state index contributed by atoms with van der Waals surface area (Å²) in [5.74, 6) is -0.897. The van der Waals surface area contributed by atoms with Gasteiger partial charge in [0.1, 0.15) is 12.2 Å². The summed E-state index contributed by atoms with van der Waals surface area (Å²) in [5, 5.41) is 2.48. The summed E-state index contributed by atoms with van der Waals surface area (Å²) in [7, 11) is -4.61. The van der Waals surface area contributed by atoms with Crippen molar-refractivity contribution in [2.24, 2.45) is 0 Å². The van der Waals surface area contributed by atoms with E-state index < -0.39 is 49.8 Å². The molecule has 0 bridgehead atoms. The van der Waals surface area contributed by atoms with Crippen molar-refractivity contribution in [2.75, 3.05) is 33.0 Å². The lowest BCUT2D eigenvalue weighted by Gasteiger charge is -2.29. The van der Waals surface area contributed by atoms with E-state index in [0.29, 0.717) is 12.8 Å². The van der Waals surface area contributed by atoms with Crippen LogP contribution >= 0.6 is 7.82 Å². The Morgan fingerprint density at radius 2 is 0.921 bits per heavy atom. The van der Waals surface area contributed by atoms with Crippen LogP contribution in [0.15, 0.2) is 0 Å². The molecule has 0 rings (SSSR count). The summed E-state index contributed by atoms with van der Waals surface area (Å²) < 4.78 is 45.0. The van der Waals surface area contributed by atoms with Crippen LogP contribution in [-0.2, 0) is 42.1 Å². The molecule has 0 aliphatic rings. The molecule has 0 aromatic heterocycles. The Kier molecular flexibility index (Phi) is 39.4. The van der Waals surface area contributed by atoms with E-state index in [1.165, 1.54) is 141 Å². The molecule has 2 N–H and O–H groups in total. The van der Waals surface area contributed by atoms with Gasteiger partial charge in [-0.2, -0.15) is 0 Å². The molecule has 0 heterocycles. The van der Waals surface area contributed by atoms with E-state index in [4.69, 9.17) is 28.0 Å². The predicted octanol–water partition coefficient (Wildman–Crippen LogP) is 14.4. The molecule has 0 aliphatic heterocycles.